The Hall–Kier alpha value is -2.93. The molecule has 0 aliphatic rings. The van der Waals surface area contributed by atoms with Crippen LogP contribution in [0.4, 0.5) is 5.69 Å². The van der Waals surface area contributed by atoms with Crippen LogP contribution in [-0.4, -0.2) is 17.9 Å². The van der Waals surface area contributed by atoms with Crippen molar-refractivity contribution in [2.75, 3.05) is 7.11 Å². The molecule has 0 heterocycles. The van der Waals surface area contributed by atoms with E-state index < -0.39 is 10.8 Å². The monoisotopic (exact) mass is 463 g/mol. The quantitative estimate of drug-likeness (QED) is 0.232. The van der Waals surface area contributed by atoms with Crippen LogP contribution >= 0.6 is 22.6 Å². The molecule has 1 amide bonds. The summed E-state index contributed by atoms with van der Waals surface area (Å²) in [5, 5.41) is 23.1. The summed E-state index contributed by atoms with van der Waals surface area (Å²) in [4.78, 5) is 22.8. The molecule has 26 heavy (non-hydrogen) atoms. The molecule has 0 aromatic heterocycles. The van der Waals surface area contributed by atoms with Crippen LogP contribution in [0.25, 0.3) is 6.08 Å². The third-order valence-electron chi connectivity index (χ3n) is 3.42. The predicted molar refractivity (Wildman–Crippen MR) is 104 cm³/mol. The predicted octanol–water partition coefficient (Wildman–Crippen LogP) is 3.43. The van der Waals surface area contributed by atoms with Gasteiger partial charge in [0.15, 0.2) is 0 Å². The summed E-state index contributed by atoms with van der Waals surface area (Å²) < 4.78 is 5.55. The van der Waals surface area contributed by atoms with Gasteiger partial charge in [-0.25, -0.2) is 0 Å². The third-order valence-corrected chi connectivity index (χ3v) is 4.22. The molecule has 2 rings (SSSR count). The SMILES string of the molecule is COc1c(I)cc(/C=C(/C#N)C(=O)NCc2ccccc2)cc1[N+](=O)[O-]. The molecule has 1 N–H and O–H groups in total. The maximum absolute atomic E-state index is 12.2. The first kappa shape index (κ1) is 19.4. The zero-order valence-electron chi connectivity index (χ0n) is 13.7. The Morgan fingerprint density at radius 3 is 2.65 bits per heavy atom. The summed E-state index contributed by atoms with van der Waals surface area (Å²) >= 11 is 1.90. The van der Waals surface area contributed by atoms with E-state index in [9.17, 15) is 20.2 Å². The third kappa shape index (κ3) is 4.80. The molecule has 0 spiro atoms. The van der Waals surface area contributed by atoms with E-state index in [1.165, 1.54) is 19.3 Å². The topological polar surface area (TPSA) is 105 Å². The number of methoxy groups -OCH3 is 1. The van der Waals surface area contributed by atoms with Gasteiger partial charge in [0.1, 0.15) is 11.6 Å². The molecule has 0 radical (unpaired) electrons. The van der Waals surface area contributed by atoms with E-state index in [2.05, 4.69) is 5.32 Å². The molecule has 132 valence electrons. The summed E-state index contributed by atoms with van der Waals surface area (Å²) in [5.74, 6) is -0.412. The van der Waals surface area contributed by atoms with Crippen LogP contribution in [0.15, 0.2) is 48.0 Å². The largest absolute Gasteiger partial charge is 0.489 e. The molecule has 0 atom stereocenters. The molecule has 0 saturated heterocycles. The van der Waals surface area contributed by atoms with E-state index in [-0.39, 0.29) is 23.6 Å². The highest BCUT2D eigenvalue weighted by Gasteiger charge is 2.19. The number of nitro groups is 1. The standard InChI is InChI=1S/C18H14IN3O4/c1-26-17-15(19)8-13(9-16(17)22(24)25)7-14(10-20)18(23)21-11-12-5-3-2-4-6-12/h2-9H,11H2,1H3,(H,21,23)/b14-7-. The zero-order chi connectivity index (χ0) is 19.1. The van der Waals surface area contributed by atoms with Crippen molar-refractivity contribution < 1.29 is 14.5 Å². The second-order valence-corrected chi connectivity index (χ2v) is 6.31. The Morgan fingerprint density at radius 1 is 1.38 bits per heavy atom. The summed E-state index contributed by atoms with van der Waals surface area (Å²) in [6.45, 7) is 0.277. The highest BCUT2D eigenvalue weighted by atomic mass is 127. The number of halogens is 1. The highest BCUT2D eigenvalue weighted by molar-refractivity contribution is 14.1. The number of nitrogens with one attached hydrogen (secondary N) is 1. The maximum Gasteiger partial charge on any atom is 0.312 e. The van der Waals surface area contributed by atoms with Gasteiger partial charge < -0.3 is 10.1 Å². The first-order valence-electron chi connectivity index (χ1n) is 7.42. The van der Waals surface area contributed by atoms with Crippen molar-refractivity contribution in [2.45, 2.75) is 6.54 Å². The minimum atomic E-state index is -0.570. The number of nitriles is 1. The number of ether oxygens (including phenoxy) is 1. The normalized spacial score (nSPS) is 10.7. The number of amides is 1. The molecule has 0 unspecified atom stereocenters. The fourth-order valence-corrected chi connectivity index (χ4v) is 3.07. The van der Waals surface area contributed by atoms with E-state index >= 15 is 0 Å². The zero-order valence-corrected chi connectivity index (χ0v) is 15.9. The number of benzene rings is 2. The van der Waals surface area contributed by atoms with Crippen LogP contribution in [0.3, 0.4) is 0 Å². The van der Waals surface area contributed by atoms with Crippen molar-refractivity contribution in [2.24, 2.45) is 0 Å². The van der Waals surface area contributed by atoms with E-state index in [0.29, 0.717) is 9.13 Å². The smallest absolute Gasteiger partial charge is 0.312 e. The number of hydrogen-bond donors (Lipinski definition) is 1. The molecular formula is C18H14IN3O4. The fraction of sp³-hybridized carbons (Fsp3) is 0.111. The van der Waals surface area contributed by atoms with E-state index in [1.54, 1.807) is 6.07 Å². The summed E-state index contributed by atoms with van der Waals surface area (Å²) in [6.07, 6.45) is 1.31. The lowest BCUT2D eigenvalue weighted by atomic mass is 10.1. The van der Waals surface area contributed by atoms with Gasteiger partial charge in [0.05, 0.1) is 15.6 Å². The van der Waals surface area contributed by atoms with Gasteiger partial charge in [-0.15, -0.1) is 0 Å². The van der Waals surface area contributed by atoms with E-state index in [0.717, 1.165) is 5.56 Å². The molecule has 0 bridgehead atoms. The summed E-state index contributed by atoms with van der Waals surface area (Å²) in [5.41, 5.74) is 0.893. The van der Waals surface area contributed by atoms with E-state index in [4.69, 9.17) is 4.74 Å². The lowest BCUT2D eigenvalue weighted by Crippen LogP contribution is -2.23. The first-order chi connectivity index (χ1) is 12.5. The lowest BCUT2D eigenvalue weighted by Gasteiger charge is -2.07. The molecule has 0 aliphatic carbocycles. The van der Waals surface area contributed by atoms with Crippen molar-refractivity contribution >= 4 is 40.3 Å². The maximum atomic E-state index is 12.2. The molecule has 0 aliphatic heterocycles. The number of nitro benzene ring substituents is 1. The average molecular weight is 463 g/mol. The van der Waals surface area contributed by atoms with Crippen LogP contribution in [0.2, 0.25) is 0 Å². The van der Waals surface area contributed by atoms with E-state index in [1.807, 2.05) is 59.0 Å². The van der Waals surface area contributed by atoms with Crippen LogP contribution in [0.5, 0.6) is 5.75 Å². The molecule has 2 aromatic rings. The van der Waals surface area contributed by atoms with Crippen molar-refractivity contribution in [3.05, 3.63) is 72.8 Å². The van der Waals surface area contributed by atoms with Gasteiger partial charge in [-0.2, -0.15) is 5.26 Å². The molecule has 2 aromatic carbocycles. The first-order valence-corrected chi connectivity index (χ1v) is 8.50. The van der Waals surface area contributed by atoms with Gasteiger partial charge in [-0.05, 0) is 45.9 Å². The Bertz CT molecular complexity index is 905. The van der Waals surface area contributed by atoms with Crippen LogP contribution in [0, 0.1) is 25.0 Å². The number of hydrogen-bond acceptors (Lipinski definition) is 5. The van der Waals surface area contributed by atoms with Crippen molar-refractivity contribution in [3.8, 4) is 11.8 Å². The number of rotatable bonds is 6. The van der Waals surface area contributed by atoms with Gasteiger partial charge in [-0.3, -0.25) is 14.9 Å². The molecular weight excluding hydrogens is 449 g/mol. The highest BCUT2D eigenvalue weighted by Crippen LogP contribution is 2.34. The average Bonchev–Trinajstić information content (AvgIpc) is 2.64. The van der Waals surface area contributed by atoms with Gasteiger partial charge in [0.25, 0.3) is 5.91 Å². The lowest BCUT2D eigenvalue weighted by molar-refractivity contribution is -0.385. The minimum Gasteiger partial charge on any atom is -0.489 e. The van der Waals surface area contributed by atoms with Crippen LogP contribution in [-0.2, 0) is 11.3 Å². The number of carbonyl (C=O) groups excluding carboxylic acids is 1. The Labute approximate surface area is 163 Å². The van der Waals surface area contributed by atoms with Crippen molar-refractivity contribution in [3.63, 3.8) is 0 Å². The van der Waals surface area contributed by atoms with Crippen LogP contribution < -0.4 is 10.1 Å². The minimum absolute atomic E-state index is 0.139. The van der Waals surface area contributed by atoms with Gasteiger partial charge in [-0.1, -0.05) is 30.3 Å². The Kier molecular flexibility index (Phi) is 6.68. The van der Waals surface area contributed by atoms with Gasteiger partial charge >= 0.3 is 5.69 Å². The number of nitrogens with zero attached hydrogens (tertiary/aromatic N) is 2. The Balaban J connectivity index is 2.26. The second-order valence-electron chi connectivity index (χ2n) is 5.15. The van der Waals surface area contributed by atoms with Gasteiger partial charge in [0, 0.05) is 12.6 Å². The summed E-state index contributed by atoms with van der Waals surface area (Å²) in [6, 6.07) is 14.0. The van der Waals surface area contributed by atoms with Crippen molar-refractivity contribution in [1.82, 2.24) is 5.32 Å². The second kappa shape index (κ2) is 8.96. The van der Waals surface area contributed by atoms with Gasteiger partial charge in [0.2, 0.25) is 5.75 Å². The molecule has 0 fully saturated rings. The van der Waals surface area contributed by atoms with Crippen LogP contribution in [0.1, 0.15) is 11.1 Å². The Morgan fingerprint density at radius 2 is 2.08 bits per heavy atom. The molecule has 7 nitrogen and oxygen atoms in total. The molecule has 0 saturated carbocycles. The van der Waals surface area contributed by atoms with Crippen molar-refractivity contribution in [1.29, 1.82) is 5.26 Å². The fourth-order valence-electron chi connectivity index (χ4n) is 2.21. The molecule has 8 heteroatoms. The summed E-state index contributed by atoms with van der Waals surface area (Å²) in [7, 11) is 1.34. The number of carbonyl (C=O) groups is 1.